The van der Waals surface area contributed by atoms with Crippen LogP contribution in [-0.2, 0) is 0 Å². The Hall–Kier alpha value is -1.12. The molecule has 2 aromatic carbocycles. The zero-order valence-corrected chi connectivity index (χ0v) is 19.4. The smallest absolute Gasteiger partial charge is 0.175 e. The van der Waals surface area contributed by atoms with Gasteiger partial charge in [-0.25, -0.2) is 13.2 Å². The fourth-order valence-corrected chi connectivity index (χ4v) is 4.95. The monoisotopic (exact) mass is 479 g/mol. The Kier molecular flexibility index (Phi) is 8.77. The maximum atomic E-state index is 15.0. The summed E-state index contributed by atoms with van der Waals surface area (Å²) in [6, 6.07) is 7.53. The first kappa shape index (κ1) is 25.1. The summed E-state index contributed by atoms with van der Waals surface area (Å²) >= 11 is 1.10. The van der Waals surface area contributed by atoms with Crippen molar-refractivity contribution in [1.29, 1.82) is 0 Å². The Morgan fingerprint density at radius 2 is 1.57 bits per heavy atom. The number of para-hydroxylation sites is 1. The summed E-state index contributed by atoms with van der Waals surface area (Å²) in [4.78, 5) is 7.39. The molecule has 0 atom stereocenters. The molecule has 0 bridgehead atoms. The SMILES string of the molecule is Cc1c(F)c(F)c2c(c1F)N(CCCN1CCN(C)CC1)c1ccccc1S2.Cl.Cl. The summed E-state index contributed by atoms with van der Waals surface area (Å²) in [5, 5.41) is 0. The average molecular weight is 480 g/mol. The molecule has 0 unspecified atom stereocenters. The molecular formula is C21H26Cl2F3N3S. The van der Waals surface area contributed by atoms with E-state index in [1.807, 2.05) is 29.2 Å². The zero-order valence-electron chi connectivity index (χ0n) is 17.0. The molecule has 0 spiro atoms. The van der Waals surface area contributed by atoms with Crippen LogP contribution >= 0.6 is 36.6 Å². The zero-order chi connectivity index (χ0) is 19.8. The van der Waals surface area contributed by atoms with E-state index in [9.17, 15) is 8.78 Å². The maximum absolute atomic E-state index is 15.0. The van der Waals surface area contributed by atoms with Crippen LogP contribution in [0.15, 0.2) is 34.1 Å². The van der Waals surface area contributed by atoms with E-state index >= 15 is 4.39 Å². The lowest BCUT2D eigenvalue weighted by atomic mass is 10.1. The van der Waals surface area contributed by atoms with E-state index in [1.165, 1.54) is 6.92 Å². The van der Waals surface area contributed by atoms with Gasteiger partial charge in [0.05, 0.1) is 16.3 Å². The molecule has 2 aliphatic heterocycles. The molecule has 0 N–H and O–H groups in total. The van der Waals surface area contributed by atoms with Gasteiger partial charge in [-0.3, -0.25) is 0 Å². The van der Waals surface area contributed by atoms with E-state index in [2.05, 4.69) is 16.8 Å². The molecule has 3 nitrogen and oxygen atoms in total. The highest BCUT2D eigenvalue weighted by atomic mass is 35.5. The second kappa shape index (κ2) is 10.5. The number of fused-ring (bicyclic) bond motifs is 2. The number of hydrogen-bond donors (Lipinski definition) is 0. The van der Waals surface area contributed by atoms with Gasteiger partial charge in [-0.05, 0) is 39.1 Å². The van der Waals surface area contributed by atoms with E-state index < -0.39 is 17.5 Å². The third kappa shape index (κ3) is 4.70. The minimum atomic E-state index is -1.10. The van der Waals surface area contributed by atoms with Crippen molar-refractivity contribution in [2.75, 3.05) is 51.2 Å². The van der Waals surface area contributed by atoms with Crippen LogP contribution < -0.4 is 4.90 Å². The molecule has 2 aromatic rings. The van der Waals surface area contributed by atoms with E-state index in [0.717, 1.165) is 61.5 Å². The van der Waals surface area contributed by atoms with E-state index in [-0.39, 0.29) is 41.0 Å². The second-order valence-electron chi connectivity index (χ2n) is 7.46. The molecule has 0 radical (unpaired) electrons. The van der Waals surface area contributed by atoms with Crippen molar-refractivity contribution in [2.24, 2.45) is 0 Å². The van der Waals surface area contributed by atoms with Crippen molar-refractivity contribution in [3.8, 4) is 0 Å². The quantitative estimate of drug-likeness (QED) is 0.535. The first-order chi connectivity index (χ1) is 13.5. The number of halogens is 5. The van der Waals surface area contributed by atoms with Gasteiger partial charge in [0.15, 0.2) is 17.5 Å². The lowest BCUT2D eigenvalue weighted by Crippen LogP contribution is -2.45. The molecule has 166 valence electrons. The molecule has 2 heterocycles. The van der Waals surface area contributed by atoms with Gasteiger partial charge in [-0.15, -0.1) is 24.8 Å². The van der Waals surface area contributed by atoms with Crippen LogP contribution in [0, 0.1) is 24.4 Å². The number of hydrogen-bond acceptors (Lipinski definition) is 4. The molecule has 0 saturated carbocycles. The van der Waals surface area contributed by atoms with Crippen LogP contribution in [0.4, 0.5) is 24.5 Å². The lowest BCUT2D eigenvalue weighted by molar-refractivity contribution is 0.153. The van der Waals surface area contributed by atoms with Crippen molar-refractivity contribution in [3.63, 3.8) is 0 Å². The van der Waals surface area contributed by atoms with Crippen LogP contribution in [0.3, 0.4) is 0 Å². The average Bonchev–Trinajstić information content (AvgIpc) is 2.71. The molecule has 2 aliphatic rings. The molecule has 4 rings (SSSR count). The van der Waals surface area contributed by atoms with E-state index in [4.69, 9.17) is 0 Å². The van der Waals surface area contributed by atoms with Gasteiger partial charge in [0, 0.05) is 43.2 Å². The molecule has 1 fully saturated rings. The fraction of sp³-hybridized carbons (Fsp3) is 0.429. The van der Waals surface area contributed by atoms with Crippen LogP contribution in [-0.4, -0.2) is 56.1 Å². The van der Waals surface area contributed by atoms with Gasteiger partial charge in [-0.2, -0.15) is 0 Å². The van der Waals surface area contributed by atoms with Crippen LogP contribution in [0.25, 0.3) is 0 Å². The summed E-state index contributed by atoms with van der Waals surface area (Å²) in [7, 11) is 2.12. The minimum Gasteiger partial charge on any atom is -0.337 e. The Balaban J connectivity index is 0.00000160. The molecule has 1 saturated heterocycles. The number of anilines is 2. The van der Waals surface area contributed by atoms with Gasteiger partial charge in [0.25, 0.3) is 0 Å². The second-order valence-corrected chi connectivity index (χ2v) is 8.52. The standard InChI is InChI=1S/C21H24F3N3S.2ClH/c1-14-17(22)19(24)21-20(18(14)23)27(15-6-3-4-7-16(15)28-21)9-5-8-26-12-10-25(2)11-13-26;;/h3-4,6-7H,5,8-13H2,1-2H3;2*1H. The first-order valence-electron chi connectivity index (χ1n) is 9.59. The van der Waals surface area contributed by atoms with Crippen LogP contribution in [0.2, 0.25) is 0 Å². The number of nitrogens with zero attached hydrogens (tertiary/aromatic N) is 3. The van der Waals surface area contributed by atoms with Gasteiger partial charge in [-0.1, -0.05) is 23.9 Å². The Labute approximate surface area is 192 Å². The number of piperazine rings is 1. The molecule has 30 heavy (non-hydrogen) atoms. The predicted octanol–water partition coefficient (Wildman–Crippen LogP) is 5.50. The highest BCUT2D eigenvalue weighted by molar-refractivity contribution is 7.99. The predicted molar refractivity (Wildman–Crippen MR) is 122 cm³/mol. The van der Waals surface area contributed by atoms with Gasteiger partial charge < -0.3 is 14.7 Å². The molecule has 9 heteroatoms. The number of benzene rings is 2. The van der Waals surface area contributed by atoms with E-state index in [1.54, 1.807) is 0 Å². The Bertz CT molecular complexity index is 892. The summed E-state index contributed by atoms with van der Waals surface area (Å²) in [6.07, 6.45) is 0.819. The Morgan fingerprint density at radius 1 is 0.900 bits per heavy atom. The van der Waals surface area contributed by atoms with Crippen molar-refractivity contribution >= 4 is 48.0 Å². The highest BCUT2D eigenvalue weighted by Gasteiger charge is 2.32. The summed E-state index contributed by atoms with van der Waals surface area (Å²) in [5.74, 6) is -2.73. The minimum absolute atomic E-state index is 0. The lowest BCUT2D eigenvalue weighted by Gasteiger charge is -2.35. The fourth-order valence-electron chi connectivity index (χ4n) is 3.83. The van der Waals surface area contributed by atoms with Crippen LogP contribution in [0.1, 0.15) is 12.0 Å². The van der Waals surface area contributed by atoms with Gasteiger partial charge >= 0.3 is 0 Å². The number of rotatable bonds is 4. The summed E-state index contributed by atoms with van der Waals surface area (Å²) in [5.41, 5.74) is 0.751. The summed E-state index contributed by atoms with van der Waals surface area (Å²) in [6.45, 7) is 6.88. The third-order valence-corrected chi connectivity index (χ3v) is 6.71. The van der Waals surface area contributed by atoms with Crippen molar-refractivity contribution in [3.05, 3.63) is 47.3 Å². The Morgan fingerprint density at radius 3 is 2.27 bits per heavy atom. The molecule has 0 aliphatic carbocycles. The van der Waals surface area contributed by atoms with Crippen molar-refractivity contribution < 1.29 is 13.2 Å². The topological polar surface area (TPSA) is 9.72 Å². The molecule has 0 amide bonds. The normalized spacial score (nSPS) is 16.4. The third-order valence-electron chi connectivity index (χ3n) is 5.56. The van der Waals surface area contributed by atoms with Crippen molar-refractivity contribution in [2.45, 2.75) is 23.1 Å². The summed E-state index contributed by atoms with van der Waals surface area (Å²) < 4.78 is 43.8. The van der Waals surface area contributed by atoms with Crippen LogP contribution in [0.5, 0.6) is 0 Å². The maximum Gasteiger partial charge on any atom is 0.175 e. The van der Waals surface area contributed by atoms with Gasteiger partial charge in [0.2, 0.25) is 0 Å². The van der Waals surface area contributed by atoms with Gasteiger partial charge in [0.1, 0.15) is 0 Å². The first-order valence-corrected chi connectivity index (χ1v) is 10.4. The largest absolute Gasteiger partial charge is 0.337 e. The molecule has 0 aromatic heterocycles. The van der Waals surface area contributed by atoms with Crippen molar-refractivity contribution in [1.82, 2.24) is 9.80 Å². The molecular weight excluding hydrogens is 454 g/mol. The highest BCUT2D eigenvalue weighted by Crippen LogP contribution is 2.51. The van der Waals surface area contributed by atoms with E-state index in [0.29, 0.717) is 6.54 Å². The number of likely N-dealkylation sites (N-methyl/N-ethyl adjacent to an activating group) is 1.